The second kappa shape index (κ2) is 7.73. The summed E-state index contributed by atoms with van der Waals surface area (Å²) in [5.41, 5.74) is 0.106. The number of sulfone groups is 1. The van der Waals surface area contributed by atoms with E-state index >= 15 is 0 Å². The van der Waals surface area contributed by atoms with Gasteiger partial charge in [-0.1, -0.05) is 18.5 Å². The molecule has 3 rings (SSSR count). The fraction of sp³-hybridized carbons (Fsp3) is 0.278. The lowest BCUT2D eigenvalue weighted by Gasteiger charge is -2.23. The van der Waals surface area contributed by atoms with Gasteiger partial charge in [-0.3, -0.25) is 14.9 Å². The monoisotopic (exact) mass is 440 g/mol. The van der Waals surface area contributed by atoms with Gasteiger partial charge in [0, 0.05) is 45.7 Å². The molecule has 0 spiro atoms. The standard InChI is InChI=1S/C18H17ClN2O5S2/c1-11-5-6-20(16-9-13(19)3-4-17(16)27-11)18(22)12-7-14(21(23)24)10-15(8-12)28(2,25)26/h3-4,7-11H,5-6H2,1-2H3. The summed E-state index contributed by atoms with van der Waals surface area (Å²) in [6.07, 6.45) is 1.65. The van der Waals surface area contributed by atoms with Crippen LogP contribution in [-0.2, 0) is 9.84 Å². The van der Waals surface area contributed by atoms with Crippen LogP contribution in [0.15, 0.2) is 46.2 Å². The van der Waals surface area contributed by atoms with Crippen LogP contribution in [0.4, 0.5) is 11.4 Å². The Morgan fingerprint density at radius 3 is 2.64 bits per heavy atom. The summed E-state index contributed by atoms with van der Waals surface area (Å²) < 4.78 is 23.9. The molecule has 7 nitrogen and oxygen atoms in total. The molecule has 1 heterocycles. The van der Waals surface area contributed by atoms with Gasteiger partial charge in [0.05, 0.1) is 15.5 Å². The quantitative estimate of drug-likeness (QED) is 0.524. The Balaban J connectivity index is 2.13. The van der Waals surface area contributed by atoms with E-state index in [-0.39, 0.29) is 15.7 Å². The summed E-state index contributed by atoms with van der Waals surface area (Å²) >= 11 is 7.73. The van der Waals surface area contributed by atoms with Crippen molar-refractivity contribution < 1.29 is 18.1 Å². The predicted octanol–water partition coefficient (Wildman–Crippen LogP) is 4.18. The maximum absolute atomic E-state index is 13.2. The van der Waals surface area contributed by atoms with Gasteiger partial charge in [-0.2, -0.15) is 0 Å². The van der Waals surface area contributed by atoms with Gasteiger partial charge in [-0.05, 0) is 30.7 Å². The molecule has 0 saturated heterocycles. The number of nitro benzene ring substituents is 1. The first-order valence-electron chi connectivity index (χ1n) is 8.34. The molecule has 0 saturated carbocycles. The Kier molecular flexibility index (Phi) is 5.69. The largest absolute Gasteiger partial charge is 0.307 e. The topological polar surface area (TPSA) is 97.6 Å². The van der Waals surface area contributed by atoms with Gasteiger partial charge < -0.3 is 4.90 Å². The van der Waals surface area contributed by atoms with Crippen LogP contribution in [-0.4, -0.2) is 37.3 Å². The highest BCUT2D eigenvalue weighted by Crippen LogP contribution is 2.39. The average molecular weight is 441 g/mol. The lowest BCUT2D eigenvalue weighted by Crippen LogP contribution is -2.32. The Hall–Kier alpha value is -2.10. The van der Waals surface area contributed by atoms with Crippen molar-refractivity contribution in [3.8, 4) is 0 Å². The van der Waals surface area contributed by atoms with Crippen LogP contribution in [0.2, 0.25) is 5.02 Å². The number of amides is 1. The third-order valence-corrected chi connectivity index (χ3v) is 6.89. The Labute approximate surface area is 171 Å². The fourth-order valence-electron chi connectivity index (χ4n) is 2.90. The van der Waals surface area contributed by atoms with Crippen LogP contribution in [0.1, 0.15) is 23.7 Å². The molecular weight excluding hydrogens is 424 g/mol. The van der Waals surface area contributed by atoms with Crippen molar-refractivity contribution in [2.24, 2.45) is 0 Å². The van der Waals surface area contributed by atoms with E-state index in [0.717, 1.165) is 23.3 Å². The molecule has 1 aliphatic heterocycles. The third kappa shape index (κ3) is 4.31. The maximum atomic E-state index is 13.2. The molecule has 0 radical (unpaired) electrons. The van der Waals surface area contributed by atoms with E-state index in [4.69, 9.17) is 11.6 Å². The van der Waals surface area contributed by atoms with Crippen molar-refractivity contribution in [2.75, 3.05) is 17.7 Å². The number of hydrogen-bond donors (Lipinski definition) is 0. The molecule has 1 atom stereocenters. The van der Waals surface area contributed by atoms with Crippen LogP contribution in [0.25, 0.3) is 0 Å². The minimum atomic E-state index is -3.73. The van der Waals surface area contributed by atoms with Crippen molar-refractivity contribution in [3.05, 3.63) is 57.1 Å². The van der Waals surface area contributed by atoms with E-state index < -0.39 is 26.4 Å². The average Bonchev–Trinajstić information content (AvgIpc) is 2.78. The number of non-ortho nitro benzene ring substituents is 1. The number of carbonyl (C=O) groups is 1. The number of hydrogen-bond acceptors (Lipinski definition) is 6. The molecule has 1 amide bonds. The van der Waals surface area contributed by atoms with Crippen molar-refractivity contribution in [3.63, 3.8) is 0 Å². The van der Waals surface area contributed by atoms with Crippen LogP contribution < -0.4 is 4.90 Å². The van der Waals surface area contributed by atoms with E-state index in [2.05, 4.69) is 0 Å². The second-order valence-corrected chi connectivity index (χ2v) is 10.5. The van der Waals surface area contributed by atoms with Crippen molar-refractivity contribution >= 4 is 50.5 Å². The molecule has 148 valence electrons. The SMILES string of the molecule is CC1CCN(C(=O)c2cc([N+](=O)[O-])cc(S(C)(=O)=O)c2)c2cc(Cl)ccc2S1. The molecule has 2 aromatic carbocycles. The number of nitro groups is 1. The highest BCUT2D eigenvalue weighted by molar-refractivity contribution is 8.00. The second-order valence-electron chi connectivity index (χ2n) is 6.53. The lowest BCUT2D eigenvalue weighted by atomic mass is 10.1. The Morgan fingerprint density at radius 1 is 1.29 bits per heavy atom. The minimum absolute atomic E-state index is 0.0555. The Morgan fingerprint density at radius 2 is 2.00 bits per heavy atom. The van der Waals surface area contributed by atoms with Gasteiger partial charge in [0.15, 0.2) is 9.84 Å². The fourth-order valence-corrected chi connectivity index (χ4v) is 4.84. The molecule has 0 aromatic heterocycles. The maximum Gasteiger partial charge on any atom is 0.271 e. The molecule has 0 aliphatic carbocycles. The predicted molar refractivity (Wildman–Crippen MR) is 109 cm³/mol. The van der Waals surface area contributed by atoms with E-state index in [1.165, 1.54) is 11.0 Å². The zero-order valence-electron chi connectivity index (χ0n) is 15.1. The van der Waals surface area contributed by atoms with E-state index in [1.54, 1.807) is 23.9 Å². The number of halogens is 1. The zero-order chi connectivity index (χ0) is 20.6. The number of carbonyl (C=O) groups excluding carboxylic acids is 1. The first-order chi connectivity index (χ1) is 13.1. The molecule has 0 N–H and O–H groups in total. The number of anilines is 1. The van der Waals surface area contributed by atoms with Crippen LogP contribution >= 0.6 is 23.4 Å². The van der Waals surface area contributed by atoms with Gasteiger partial charge in [0.25, 0.3) is 11.6 Å². The highest BCUT2D eigenvalue weighted by Gasteiger charge is 2.28. The summed E-state index contributed by atoms with van der Waals surface area (Å²) in [6, 6.07) is 8.48. The first-order valence-corrected chi connectivity index (χ1v) is 11.5. The number of thioether (sulfide) groups is 1. The number of fused-ring (bicyclic) bond motifs is 1. The van der Waals surface area contributed by atoms with Gasteiger partial charge >= 0.3 is 0 Å². The molecular formula is C18H17ClN2O5S2. The van der Waals surface area contributed by atoms with Crippen molar-refractivity contribution in [2.45, 2.75) is 28.4 Å². The van der Waals surface area contributed by atoms with E-state index in [9.17, 15) is 23.3 Å². The normalized spacial score (nSPS) is 17.0. The molecule has 0 bridgehead atoms. The summed E-state index contributed by atoms with van der Waals surface area (Å²) in [4.78, 5) is 25.9. The molecule has 10 heteroatoms. The van der Waals surface area contributed by atoms with Crippen LogP contribution in [0, 0.1) is 10.1 Å². The summed E-state index contributed by atoms with van der Waals surface area (Å²) in [5.74, 6) is -0.508. The van der Waals surface area contributed by atoms with Gasteiger partial charge in [0.1, 0.15) is 0 Å². The van der Waals surface area contributed by atoms with Crippen LogP contribution in [0.5, 0.6) is 0 Å². The van der Waals surface area contributed by atoms with Gasteiger partial charge in [0.2, 0.25) is 0 Å². The summed E-state index contributed by atoms with van der Waals surface area (Å²) in [6.45, 7) is 2.43. The highest BCUT2D eigenvalue weighted by atomic mass is 35.5. The smallest absolute Gasteiger partial charge is 0.271 e. The Bertz CT molecular complexity index is 1070. The lowest BCUT2D eigenvalue weighted by molar-refractivity contribution is -0.385. The molecule has 0 fully saturated rings. The third-order valence-electron chi connectivity index (χ3n) is 4.32. The molecule has 1 unspecified atom stereocenters. The number of nitrogens with zero attached hydrogens (tertiary/aromatic N) is 2. The molecule has 28 heavy (non-hydrogen) atoms. The molecule has 1 aliphatic rings. The molecule has 2 aromatic rings. The first kappa shape index (κ1) is 20.6. The summed E-state index contributed by atoms with van der Waals surface area (Å²) in [7, 11) is -3.73. The number of benzene rings is 2. The van der Waals surface area contributed by atoms with E-state index in [1.807, 2.05) is 13.0 Å². The minimum Gasteiger partial charge on any atom is -0.307 e. The zero-order valence-corrected chi connectivity index (χ0v) is 17.5. The summed E-state index contributed by atoms with van der Waals surface area (Å²) in [5, 5.41) is 12.0. The van der Waals surface area contributed by atoms with E-state index in [0.29, 0.717) is 23.7 Å². The number of rotatable bonds is 3. The van der Waals surface area contributed by atoms with Crippen LogP contribution in [0.3, 0.4) is 0 Å². The van der Waals surface area contributed by atoms with Crippen molar-refractivity contribution in [1.29, 1.82) is 0 Å². The van der Waals surface area contributed by atoms with Crippen molar-refractivity contribution in [1.82, 2.24) is 0 Å². The van der Waals surface area contributed by atoms with Gasteiger partial charge in [-0.25, -0.2) is 8.42 Å². The van der Waals surface area contributed by atoms with Gasteiger partial charge in [-0.15, -0.1) is 11.8 Å².